The quantitative estimate of drug-likeness (QED) is 0.819. The highest BCUT2D eigenvalue weighted by molar-refractivity contribution is 5.51. The molecule has 0 saturated carbocycles. The summed E-state index contributed by atoms with van der Waals surface area (Å²) in [6.07, 6.45) is 1.21. The van der Waals surface area contributed by atoms with Gasteiger partial charge in [-0.1, -0.05) is 6.92 Å². The van der Waals surface area contributed by atoms with Crippen molar-refractivity contribution in [1.82, 2.24) is 0 Å². The van der Waals surface area contributed by atoms with Gasteiger partial charge in [-0.05, 0) is 30.7 Å². The number of ether oxygens (including phenoxy) is 3. The zero-order valence-electron chi connectivity index (χ0n) is 11.5. The third-order valence-electron chi connectivity index (χ3n) is 3.93. The molecule has 0 bridgehead atoms. The Balaban J connectivity index is 1.82. The van der Waals surface area contributed by atoms with E-state index in [1.165, 1.54) is 5.69 Å². The molecule has 0 aliphatic carbocycles. The SMILES string of the molecule is COc1ccc(N2C[C@@H](C)[C@@H]3OCCCO[C@@H]32)cc1. The van der Waals surface area contributed by atoms with Gasteiger partial charge in [0.05, 0.1) is 13.7 Å². The lowest BCUT2D eigenvalue weighted by atomic mass is 10.1. The number of benzene rings is 1. The Bertz CT molecular complexity index is 420. The topological polar surface area (TPSA) is 30.9 Å². The molecular weight excluding hydrogens is 242 g/mol. The Labute approximate surface area is 114 Å². The van der Waals surface area contributed by atoms with E-state index in [-0.39, 0.29) is 12.3 Å². The second kappa shape index (κ2) is 5.39. The minimum atomic E-state index is 0.0471. The van der Waals surface area contributed by atoms with Crippen LogP contribution >= 0.6 is 0 Å². The second-order valence-electron chi connectivity index (χ2n) is 5.28. The first-order valence-electron chi connectivity index (χ1n) is 6.93. The van der Waals surface area contributed by atoms with Crippen LogP contribution in [0, 0.1) is 5.92 Å². The van der Waals surface area contributed by atoms with E-state index in [1.807, 2.05) is 12.1 Å². The summed E-state index contributed by atoms with van der Waals surface area (Å²) in [7, 11) is 1.69. The first-order chi connectivity index (χ1) is 9.29. The molecule has 2 aliphatic rings. The van der Waals surface area contributed by atoms with Gasteiger partial charge < -0.3 is 19.1 Å². The fraction of sp³-hybridized carbons (Fsp3) is 0.600. The van der Waals surface area contributed by atoms with Crippen molar-refractivity contribution in [3.8, 4) is 5.75 Å². The molecule has 3 rings (SSSR count). The minimum Gasteiger partial charge on any atom is -0.497 e. The van der Waals surface area contributed by atoms with Gasteiger partial charge in [0.25, 0.3) is 0 Å². The third kappa shape index (κ3) is 2.42. The summed E-state index contributed by atoms with van der Waals surface area (Å²) in [6, 6.07) is 8.15. The summed E-state index contributed by atoms with van der Waals surface area (Å²) in [5.41, 5.74) is 1.17. The van der Waals surface area contributed by atoms with E-state index in [0.717, 1.165) is 31.9 Å². The molecule has 0 aromatic heterocycles. The molecule has 4 nitrogen and oxygen atoms in total. The Morgan fingerprint density at radius 2 is 1.89 bits per heavy atom. The van der Waals surface area contributed by atoms with Gasteiger partial charge >= 0.3 is 0 Å². The van der Waals surface area contributed by atoms with Crippen LogP contribution < -0.4 is 9.64 Å². The van der Waals surface area contributed by atoms with Crippen LogP contribution in [0.1, 0.15) is 13.3 Å². The normalized spacial score (nSPS) is 30.8. The number of hydrogen-bond acceptors (Lipinski definition) is 4. The van der Waals surface area contributed by atoms with Crippen LogP contribution in [0.4, 0.5) is 5.69 Å². The molecule has 1 aromatic carbocycles. The van der Waals surface area contributed by atoms with Crippen molar-refractivity contribution >= 4 is 5.69 Å². The highest BCUT2D eigenvalue weighted by Gasteiger charge is 2.42. The van der Waals surface area contributed by atoms with Gasteiger partial charge in [-0.25, -0.2) is 0 Å². The van der Waals surface area contributed by atoms with E-state index in [0.29, 0.717) is 5.92 Å². The molecule has 0 unspecified atom stereocenters. The van der Waals surface area contributed by atoms with Crippen LogP contribution in [-0.2, 0) is 9.47 Å². The first-order valence-corrected chi connectivity index (χ1v) is 6.93. The smallest absolute Gasteiger partial charge is 0.156 e. The molecule has 1 aromatic rings. The molecule has 19 heavy (non-hydrogen) atoms. The summed E-state index contributed by atoms with van der Waals surface area (Å²) >= 11 is 0. The van der Waals surface area contributed by atoms with E-state index in [2.05, 4.69) is 24.0 Å². The molecule has 3 atom stereocenters. The van der Waals surface area contributed by atoms with Gasteiger partial charge in [0.2, 0.25) is 0 Å². The summed E-state index contributed by atoms with van der Waals surface area (Å²) < 4.78 is 17.1. The van der Waals surface area contributed by atoms with E-state index in [9.17, 15) is 0 Å². The average molecular weight is 263 g/mol. The maximum Gasteiger partial charge on any atom is 0.156 e. The van der Waals surface area contributed by atoms with E-state index in [1.54, 1.807) is 7.11 Å². The summed E-state index contributed by atoms with van der Waals surface area (Å²) in [5, 5.41) is 0. The number of anilines is 1. The largest absolute Gasteiger partial charge is 0.497 e. The second-order valence-corrected chi connectivity index (χ2v) is 5.28. The van der Waals surface area contributed by atoms with Crippen molar-refractivity contribution in [2.75, 3.05) is 31.8 Å². The third-order valence-corrected chi connectivity index (χ3v) is 3.93. The highest BCUT2D eigenvalue weighted by atomic mass is 16.6. The van der Waals surface area contributed by atoms with E-state index in [4.69, 9.17) is 14.2 Å². The van der Waals surface area contributed by atoms with Gasteiger partial charge in [0, 0.05) is 24.8 Å². The molecule has 2 saturated heterocycles. The van der Waals surface area contributed by atoms with E-state index < -0.39 is 0 Å². The van der Waals surface area contributed by atoms with Crippen LogP contribution in [0.15, 0.2) is 24.3 Å². The number of rotatable bonds is 2. The summed E-state index contributed by atoms with van der Waals surface area (Å²) in [5.74, 6) is 1.37. The fourth-order valence-corrected chi connectivity index (χ4v) is 2.92. The lowest BCUT2D eigenvalue weighted by molar-refractivity contribution is -0.0303. The van der Waals surface area contributed by atoms with Crippen molar-refractivity contribution in [3.63, 3.8) is 0 Å². The lowest BCUT2D eigenvalue weighted by Gasteiger charge is -2.28. The predicted octanol–water partition coefficient (Wildman–Crippen LogP) is 2.28. The molecule has 2 aliphatic heterocycles. The molecule has 104 valence electrons. The first kappa shape index (κ1) is 12.8. The molecule has 0 radical (unpaired) electrons. The van der Waals surface area contributed by atoms with Gasteiger partial charge in [-0.2, -0.15) is 0 Å². The number of hydrogen-bond donors (Lipinski definition) is 0. The number of fused-ring (bicyclic) bond motifs is 1. The molecule has 2 fully saturated rings. The van der Waals surface area contributed by atoms with Crippen LogP contribution in [0.5, 0.6) is 5.75 Å². The maximum absolute atomic E-state index is 5.99. The molecule has 2 heterocycles. The van der Waals surface area contributed by atoms with Crippen molar-refractivity contribution in [3.05, 3.63) is 24.3 Å². The Morgan fingerprint density at radius 1 is 1.16 bits per heavy atom. The molecular formula is C15H21NO3. The number of nitrogens with zero attached hydrogens (tertiary/aromatic N) is 1. The zero-order chi connectivity index (χ0) is 13.2. The van der Waals surface area contributed by atoms with E-state index >= 15 is 0 Å². The molecule has 0 N–H and O–H groups in total. The van der Waals surface area contributed by atoms with Crippen LogP contribution in [0.25, 0.3) is 0 Å². The van der Waals surface area contributed by atoms with Crippen LogP contribution in [-0.4, -0.2) is 39.2 Å². The Kier molecular flexibility index (Phi) is 3.62. The van der Waals surface area contributed by atoms with Gasteiger partial charge in [-0.3, -0.25) is 0 Å². The zero-order valence-corrected chi connectivity index (χ0v) is 11.5. The van der Waals surface area contributed by atoms with Crippen molar-refractivity contribution in [2.24, 2.45) is 5.92 Å². The van der Waals surface area contributed by atoms with Crippen molar-refractivity contribution < 1.29 is 14.2 Å². The van der Waals surface area contributed by atoms with Crippen molar-refractivity contribution in [2.45, 2.75) is 25.7 Å². The van der Waals surface area contributed by atoms with Gasteiger partial charge in [0.15, 0.2) is 6.23 Å². The Hall–Kier alpha value is -1.26. The summed E-state index contributed by atoms with van der Waals surface area (Å²) in [4.78, 5) is 2.31. The lowest BCUT2D eigenvalue weighted by Crippen LogP contribution is -2.38. The maximum atomic E-state index is 5.99. The number of methoxy groups -OCH3 is 1. The molecule has 0 amide bonds. The van der Waals surface area contributed by atoms with Gasteiger partial charge in [-0.15, -0.1) is 0 Å². The highest BCUT2D eigenvalue weighted by Crippen LogP contribution is 2.33. The van der Waals surface area contributed by atoms with Crippen molar-refractivity contribution in [1.29, 1.82) is 0 Å². The monoisotopic (exact) mass is 263 g/mol. The summed E-state index contributed by atoms with van der Waals surface area (Å²) in [6.45, 7) is 4.79. The molecule has 0 spiro atoms. The predicted molar refractivity (Wildman–Crippen MR) is 73.6 cm³/mol. The fourth-order valence-electron chi connectivity index (χ4n) is 2.92. The van der Waals surface area contributed by atoms with Gasteiger partial charge in [0.1, 0.15) is 11.9 Å². The standard InChI is InChI=1S/C15H21NO3/c1-11-10-16(12-4-6-13(17-2)7-5-12)15-14(11)18-8-3-9-19-15/h4-7,11,14-15H,3,8-10H2,1-2H3/t11-,14+,15+/m1/s1. The Morgan fingerprint density at radius 3 is 2.63 bits per heavy atom. The van der Waals surface area contributed by atoms with Crippen LogP contribution in [0.3, 0.4) is 0 Å². The average Bonchev–Trinajstić information content (AvgIpc) is 2.65. The minimum absolute atomic E-state index is 0.0471. The molecule has 4 heteroatoms. The van der Waals surface area contributed by atoms with Crippen LogP contribution in [0.2, 0.25) is 0 Å².